The average Bonchev–Trinajstić information content (AvgIpc) is 3.14. The molecule has 0 bridgehead atoms. The van der Waals surface area contributed by atoms with Gasteiger partial charge in [-0.15, -0.1) is 0 Å². The molecule has 0 atom stereocenters. The first-order valence-corrected chi connectivity index (χ1v) is 12.1. The summed E-state index contributed by atoms with van der Waals surface area (Å²) in [6.07, 6.45) is -0.699. The van der Waals surface area contributed by atoms with E-state index in [-0.39, 0.29) is 33.9 Å². The first-order chi connectivity index (χ1) is 16.2. The molecule has 2 aromatic heterocycles. The number of anilines is 1. The number of rotatable bonds is 6. The molecule has 0 radical (unpaired) electrons. The van der Waals surface area contributed by atoms with Crippen molar-refractivity contribution >= 4 is 46.7 Å². The number of amides is 1. The lowest BCUT2D eigenvalue weighted by Gasteiger charge is -2.27. The van der Waals surface area contributed by atoms with Crippen LogP contribution in [0, 0.1) is 0 Å². The van der Waals surface area contributed by atoms with E-state index in [1.807, 2.05) is 13.8 Å². The van der Waals surface area contributed by atoms with Crippen LogP contribution in [0.5, 0.6) is 0 Å². The highest BCUT2D eigenvalue weighted by Gasteiger charge is 2.26. The molecule has 0 aliphatic rings. The van der Waals surface area contributed by atoms with E-state index in [2.05, 4.69) is 19.8 Å². The maximum absolute atomic E-state index is 13.0. The van der Waals surface area contributed by atoms with Crippen LogP contribution < -0.4 is 16.2 Å². The molecule has 2 heterocycles. The molecule has 0 aliphatic heterocycles. The number of carbonyl (C=O) groups is 1. The van der Waals surface area contributed by atoms with Gasteiger partial charge in [-0.25, -0.2) is 14.3 Å². The number of nitrogens with zero attached hydrogens (tertiary/aromatic N) is 4. The minimum Gasteiger partial charge on any atom is -0.443 e. The number of carbonyl (C=O) groups excluding carboxylic acids is 1. The minimum absolute atomic E-state index is 0.00901. The lowest BCUT2D eigenvalue weighted by atomic mass is 10.1. The summed E-state index contributed by atoms with van der Waals surface area (Å²) in [5, 5.41) is 8.95. The van der Waals surface area contributed by atoms with Gasteiger partial charge in [-0.1, -0.05) is 54.0 Å². The molecule has 0 fully saturated rings. The molecule has 13 heteroatoms. The highest BCUT2D eigenvalue weighted by atomic mass is 35.5. The Morgan fingerprint density at radius 2 is 1.86 bits per heavy atom. The van der Waals surface area contributed by atoms with Gasteiger partial charge in [0.15, 0.2) is 5.82 Å². The van der Waals surface area contributed by atoms with Crippen molar-refractivity contribution in [2.24, 2.45) is 7.05 Å². The quantitative estimate of drug-likeness (QED) is 0.463. The number of nitrogens with one attached hydrogen (secondary N) is 1. The number of halogens is 2. The van der Waals surface area contributed by atoms with Crippen molar-refractivity contribution in [3.63, 3.8) is 0 Å². The third-order valence-electron chi connectivity index (χ3n) is 4.60. The van der Waals surface area contributed by atoms with E-state index in [1.54, 1.807) is 46.0 Å². The summed E-state index contributed by atoms with van der Waals surface area (Å²) >= 11 is 14.3. The fourth-order valence-corrected chi connectivity index (χ4v) is 4.61. The first kappa shape index (κ1) is 26.8. The summed E-state index contributed by atoms with van der Waals surface area (Å²) in [6, 6.07) is 4.80. The Hall–Kier alpha value is -2.76. The van der Waals surface area contributed by atoms with Crippen molar-refractivity contribution in [1.29, 1.82) is 0 Å². The van der Waals surface area contributed by atoms with Crippen LogP contribution >= 0.6 is 35.0 Å². The summed E-state index contributed by atoms with van der Waals surface area (Å²) in [5.74, 6) is -0.630. The van der Waals surface area contributed by atoms with E-state index < -0.39 is 17.5 Å². The van der Waals surface area contributed by atoms with Gasteiger partial charge in [0.1, 0.15) is 10.6 Å². The molecule has 10 nitrogen and oxygen atoms in total. The predicted molar refractivity (Wildman–Crippen MR) is 134 cm³/mol. The van der Waals surface area contributed by atoms with E-state index in [0.29, 0.717) is 21.2 Å². The van der Waals surface area contributed by atoms with E-state index in [1.165, 1.54) is 21.3 Å². The Morgan fingerprint density at radius 3 is 2.37 bits per heavy atom. The number of benzene rings is 1. The van der Waals surface area contributed by atoms with Crippen molar-refractivity contribution in [3.05, 3.63) is 60.5 Å². The van der Waals surface area contributed by atoms with Crippen LogP contribution in [-0.4, -0.2) is 31.6 Å². The fraction of sp³-hybridized carbons (Fsp3) is 0.409. The smallest absolute Gasteiger partial charge is 0.438 e. The van der Waals surface area contributed by atoms with E-state index in [9.17, 15) is 14.4 Å². The molecule has 1 amide bonds. The van der Waals surface area contributed by atoms with Gasteiger partial charge in [-0.3, -0.25) is 19.2 Å². The lowest BCUT2D eigenvalue weighted by molar-refractivity contribution is 0.0576. The normalized spacial score (nSPS) is 11.7. The Morgan fingerprint density at radius 1 is 1.23 bits per heavy atom. The maximum Gasteiger partial charge on any atom is 0.438 e. The van der Waals surface area contributed by atoms with Crippen LogP contribution in [0.3, 0.4) is 0 Å². The molecule has 0 spiro atoms. The second kappa shape index (κ2) is 10.5. The maximum atomic E-state index is 13.0. The summed E-state index contributed by atoms with van der Waals surface area (Å²) in [7, 11) is 1.58. The van der Waals surface area contributed by atoms with Gasteiger partial charge in [0.05, 0.1) is 27.2 Å². The Kier molecular flexibility index (Phi) is 8.03. The van der Waals surface area contributed by atoms with Gasteiger partial charge in [-0.05, 0) is 44.9 Å². The van der Waals surface area contributed by atoms with Crippen molar-refractivity contribution in [3.8, 4) is 0 Å². The number of ether oxygens (including phenoxy) is 1. The molecule has 35 heavy (non-hydrogen) atoms. The molecule has 1 N–H and O–H groups in total. The molecule has 0 unspecified atom stereocenters. The molecule has 0 aliphatic carbocycles. The molecular weight excluding hydrogens is 517 g/mol. The van der Waals surface area contributed by atoms with Crippen LogP contribution in [0.1, 0.15) is 51.9 Å². The Bertz CT molecular complexity index is 1340. The van der Waals surface area contributed by atoms with Gasteiger partial charge in [-0.2, -0.15) is 5.10 Å². The second-order valence-corrected chi connectivity index (χ2v) is 10.8. The predicted octanol–water partition coefficient (Wildman–Crippen LogP) is 4.98. The van der Waals surface area contributed by atoms with Crippen LogP contribution in [0.15, 0.2) is 42.2 Å². The minimum atomic E-state index is -0.779. The third-order valence-corrected chi connectivity index (χ3v) is 6.47. The number of hydrogen-bond acceptors (Lipinski definition) is 8. The molecular formula is C22H25Cl2N5O5S. The summed E-state index contributed by atoms with van der Waals surface area (Å²) in [4.78, 5) is 40.8. The monoisotopic (exact) mass is 541 g/mol. The number of aromatic nitrogens is 4. The molecule has 188 valence electrons. The highest BCUT2D eigenvalue weighted by molar-refractivity contribution is 7.99. The molecule has 1 aromatic carbocycles. The fourth-order valence-electron chi connectivity index (χ4n) is 3.03. The van der Waals surface area contributed by atoms with Gasteiger partial charge < -0.3 is 4.74 Å². The second-order valence-electron chi connectivity index (χ2n) is 8.97. The zero-order valence-corrected chi connectivity index (χ0v) is 22.3. The van der Waals surface area contributed by atoms with Crippen molar-refractivity contribution < 1.29 is 14.1 Å². The van der Waals surface area contributed by atoms with Gasteiger partial charge >= 0.3 is 11.8 Å². The zero-order valence-electron chi connectivity index (χ0n) is 20.0. The number of hydrogen-bond donors (Lipinski definition) is 1. The van der Waals surface area contributed by atoms with E-state index in [0.717, 1.165) is 0 Å². The largest absolute Gasteiger partial charge is 0.443 e. The molecule has 3 aromatic rings. The Balaban J connectivity index is 1.99. The van der Waals surface area contributed by atoms with E-state index in [4.69, 9.17) is 27.9 Å². The number of aryl methyl sites for hydroxylation is 1. The van der Waals surface area contributed by atoms with Crippen LogP contribution in [-0.2, 0) is 18.3 Å². The van der Waals surface area contributed by atoms with Crippen LogP contribution in [0.4, 0.5) is 10.5 Å². The molecule has 3 rings (SSSR count). The first-order valence-electron chi connectivity index (χ1n) is 10.6. The molecule has 0 saturated heterocycles. The summed E-state index contributed by atoms with van der Waals surface area (Å²) < 4.78 is 11.3. The van der Waals surface area contributed by atoms with Crippen LogP contribution in [0.25, 0.3) is 0 Å². The summed E-state index contributed by atoms with van der Waals surface area (Å²) in [6.45, 7) is 8.88. The topological polar surface area (TPSA) is 123 Å². The zero-order chi connectivity index (χ0) is 26.1. The van der Waals surface area contributed by atoms with Gasteiger partial charge in [0.25, 0.3) is 5.56 Å². The van der Waals surface area contributed by atoms with Gasteiger partial charge in [0, 0.05) is 12.6 Å². The number of aromatic amines is 1. The van der Waals surface area contributed by atoms with Gasteiger partial charge in [0.2, 0.25) is 0 Å². The van der Waals surface area contributed by atoms with E-state index >= 15 is 0 Å². The van der Waals surface area contributed by atoms with Crippen molar-refractivity contribution in [1.82, 2.24) is 19.9 Å². The SMILES string of the molecule is CC(C)c1cc(Sc2c(Cl)cc(N(Cc3noc(=O)[nH]3)C(=O)OC(C)(C)C)cc2Cl)nn(C)c1=O. The molecule has 0 saturated carbocycles. The number of H-pyrrole nitrogens is 1. The van der Waals surface area contributed by atoms with Crippen molar-refractivity contribution in [2.45, 2.75) is 62.6 Å². The average molecular weight is 542 g/mol. The Labute approximate surface area is 215 Å². The lowest BCUT2D eigenvalue weighted by Crippen LogP contribution is -2.37. The van der Waals surface area contributed by atoms with Crippen LogP contribution in [0.2, 0.25) is 10.0 Å². The summed E-state index contributed by atoms with van der Waals surface area (Å²) in [5.41, 5.74) is -0.0139. The highest BCUT2D eigenvalue weighted by Crippen LogP contribution is 2.41. The van der Waals surface area contributed by atoms with Crippen molar-refractivity contribution in [2.75, 3.05) is 4.90 Å². The standard InChI is InChI=1S/C22H25Cl2N5O5S/c1-11(2)13-9-17(26-28(6)19(13)30)35-18-14(23)7-12(8-15(18)24)29(21(32)33-22(3,4)5)10-16-25-20(31)34-27-16/h7-9,11H,10H2,1-6H3,(H,25,27,31). The third kappa shape index (κ3) is 6.68.